The Morgan fingerprint density at radius 1 is 1.10 bits per heavy atom. The highest BCUT2D eigenvalue weighted by Crippen LogP contribution is 2.39. The molecule has 1 saturated carbocycles. The smallest absolute Gasteiger partial charge is 0.418 e. The Morgan fingerprint density at radius 2 is 1.87 bits per heavy atom. The SMILES string of the molecule is COc1cc(C(=O)NC2CC3CCCC(C2)N3Cc2nc3c(C(F)(F)F)cccc3s2)ccc1OCC1CC1. The van der Waals surface area contributed by atoms with Crippen molar-refractivity contribution >= 4 is 27.5 Å². The summed E-state index contributed by atoms with van der Waals surface area (Å²) >= 11 is 1.34. The summed E-state index contributed by atoms with van der Waals surface area (Å²) in [6.45, 7) is 1.20. The van der Waals surface area contributed by atoms with E-state index >= 15 is 0 Å². The number of hydrogen-bond acceptors (Lipinski definition) is 6. The molecular formula is C29H32F3N3O3S. The summed E-state index contributed by atoms with van der Waals surface area (Å²) < 4.78 is 52.3. The lowest BCUT2D eigenvalue weighted by molar-refractivity contribution is -0.136. The molecule has 1 N–H and O–H groups in total. The van der Waals surface area contributed by atoms with Gasteiger partial charge in [-0.05, 0) is 74.8 Å². The number of carbonyl (C=O) groups is 1. The monoisotopic (exact) mass is 559 g/mol. The van der Waals surface area contributed by atoms with Gasteiger partial charge in [-0.25, -0.2) is 4.98 Å². The molecule has 0 radical (unpaired) electrons. The molecule has 208 valence electrons. The van der Waals surface area contributed by atoms with Crippen molar-refractivity contribution in [3.05, 3.63) is 52.5 Å². The van der Waals surface area contributed by atoms with Crippen LogP contribution in [0.15, 0.2) is 36.4 Å². The molecule has 3 fully saturated rings. The summed E-state index contributed by atoms with van der Waals surface area (Å²) in [6, 6.07) is 10.1. The number of alkyl halides is 3. The number of aromatic nitrogens is 1. The maximum absolute atomic E-state index is 13.5. The fourth-order valence-electron chi connectivity index (χ4n) is 5.99. The van der Waals surface area contributed by atoms with Gasteiger partial charge in [-0.2, -0.15) is 13.2 Å². The standard InChI is InChI=1S/C29H32F3N3O3S/c1-37-24-12-18(10-11-23(24)38-16-17-8-9-17)28(36)33-19-13-20-4-2-5-21(14-19)35(20)15-26-34-27-22(29(30,31)32)6-3-7-25(27)39-26/h3,6-7,10-12,17,19-21H,2,4-5,8-9,13-16H2,1H3,(H,33,36). The van der Waals surface area contributed by atoms with Crippen LogP contribution in [0.4, 0.5) is 13.2 Å². The van der Waals surface area contributed by atoms with Crippen molar-refractivity contribution in [3.63, 3.8) is 0 Å². The number of hydrogen-bond donors (Lipinski definition) is 1. The second-order valence-corrected chi connectivity index (χ2v) is 12.0. The quantitative estimate of drug-likeness (QED) is 0.345. The molecular weight excluding hydrogens is 527 g/mol. The van der Waals surface area contributed by atoms with Crippen molar-refractivity contribution in [2.24, 2.45) is 5.92 Å². The van der Waals surface area contributed by atoms with Gasteiger partial charge in [0.1, 0.15) is 5.01 Å². The molecule has 3 aliphatic rings. The first-order valence-electron chi connectivity index (χ1n) is 13.6. The van der Waals surface area contributed by atoms with Crippen LogP contribution in [0.3, 0.4) is 0 Å². The summed E-state index contributed by atoms with van der Waals surface area (Å²) in [7, 11) is 1.58. The predicted molar refractivity (Wildman–Crippen MR) is 143 cm³/mol. The third kappa shape index (κ3) is 5.72. The highest BCUT2D eigenvalue weighted by Gasteiger charge is 2.40. The van der Waals surface area contributed by atoms with Crippen molar-refractivity contribution in [1.29, 1.82) is 0 Å². The minimum Gasteiger partial charge on any atom is -0.493 e. The molecule has 2 aromatic carbocycles. The molecule has 1 amide bonds. The average Bonchev–Trinajstić information content (AvgIpc) is 3.64. The Kier molecular flexibility index (Phi) is 7.18. The fraction of sp³-hybridized carbons (Fsp3) is 0.517. The fourth-order valence-corrected chi connectivity index (χ4v) is 6.99. The summed E-state index contributed by atoms with van der Waals surface area (Å²) in [5, 5.41) is 3.93. The maximum Gasteiger partial charge on any atom is 0.418 e. The Hall–Kier alpha value is -2.85. The summed E-state index contributed by atoms with van der Waals surface area (Å²) in [5.74, 6) is 1.69. The van der Waals surface area contributed by atoms with E-state index in [1.165, 1.54) is 30.2 Å². The van der Waals surface area contributed by atoms with Crippen LogP contribution in [-0.4, -0.2) is 47.6 Å². The number of piperidine rings is 2. The molecule has 2 atom stereocenters. The van der Waals surface area contributed by atoms with E-state index in [9.17, 15) is 18.0 Å². The Labute approximate surface area is 229 Å². The minimum absolute atomic E-state index is 0.0352. The van der Waals surface area contributed by atoms with Gasteiger partial charge in [0.15, 0.2) is 11.5 Å². The molecule has 3 aromatic rings. The molecule has 2 saturated heterocycles. The zero-order valence-corrected chi connectivity index (χ0v) is 22.6. The number of rotatable bonds is 8. The van der Waals surface area contributed by atoms with Crippen molar-refractivity contribution in [2.75, 3.05) is 13.7 Å². The molecule has 1 aromatic heterocycles. The Morgan fingerprint density at radius 3 is 2.56 bits per heavy atom. The van der Waals surface area contributed by atoms with Crippen LogP contribution in [0.5, 0.6) is 11.5 Å². The molecule has 2 unspecified atom stereocenters. The van der Waals surface area contributed by atoms with Crippen LogP contribution in [-0.2, 0) is 12.7 Å². The van der Waals surface area contributed by atoms with E-state index in [4.69, 9.17) is 9.47 Å². The van der Waals surface area contributed by atoms with Gasteiger partial charge in [0.2, 0.25) is 0 Å². The Balaban J connectivity index is 1.12. The largest absolute Gasteiger partial charge is 0.493 e. The van der Waals surface area contributed by atoms with Gasteiger partial charge in [0.05, 0.1) is 36.0 Å². The molecule has 10 heteroatoms. The van der Waals surface area contributed by atoms with E-state index in [1.807, 2.05) is 0 Å². The molecule has 3 heterocycles. The number of nitrogens with zero attached hydrogens (tertiary/aromatic N) is 2. The summed E-state index contributed by atoms with van der Waals surface area (Å²) in [4.78, 5) is 20.0. The number of amides is 1. The van der Waals surface area contributed by atoms with Crippen molar-refractivity contribution in [1.82, 2.24) is 15.2 Å². The number of methoxy groups -OCH3 is 1. The molecule has 2 aliphatic heterocycles. The lowest BCUT2D eigenvalue weighted by Gasteiger charge is -2.48. The van der Waals surface area contributed by atoms with Crippen molar-refractivity contribution in [3.8, 4) is 11.5 Å². The number of halogens is 3. The van der Waals surface area contributed by atoms with Crippen LogP contribution < -0.4 is 14.8 Å². The number of para-hydroxylation sites is 1. The number of carbonyl (C=O) groups excluding carboxylic acids is 1. The second kappa shape index (κ2) is 10.6. The van der Waals surface area contributed by atoms with Crippen LogP contribution >= 0.6 is 11.3 Å². The number of ether oxygens (including phenoxy) is 2. The third-order valence-corrected chi connectivity index (χ3v) is 9.15. The number of benzene rings is 2. The van der Waals surface area contributed by atoms with E-state index in [0.29, 0.717) is 45.8 Å². The molecule has 2 bridgehead atoms. The van der Waals surface area contributed by atoms with E-state index in [1.54, 1.807) is 31.4 Å². The maximum atomic E-state index is 13.5. The van der Waals surface area contributed by atoms with Gasteiger partial charge in [-0.15, -0.1) is 11.3 Å². The first-order chi connectivity index (χ1) is 18.8. The third-order valence-electron chi connectivity index (χ3n) is 8.14. The molecule has 0 spiro atoms. The number of fused-ring (bicyclic) bond motifs is 3. The number of thiazole rings is 1. The zero-order valence-electron chi connectivity index (χ0n) is 21.8. The van der Waals surface area contributed by atoms with Gasteiger partial charge in [0.25, 0.3) is 5.91 Å². The van der Waals surface area contributed by atoms with Crippen LogP contribution in [0.25, 0.3) is 10.2 Å². The van der Waals surface area contributed by atoms with Crippen LogP contribution in [0, 0.1) is 5.92 Å². The van der Waals surface area contributed by atoms with Crippen LogP contribution in [0.1, 0.15) is 65.9 Å². The summed E-state index contributed by atoms with van der Waals surface area (Å²) in [6.07, 6.45) is 2.70. The molecule has 6 nitrogen and oxygen atoms in total. The van der Waals surface area contributed by atoms with Crippen molar-refractivity contribution < 1.29 is 27.4 Å². The van der Waals surface area contributed by atoms with Crippen LogP contribution in [0.2, 0.25) is 0 Å². The van der Waals surface area contributed by atoms with Gasteiger partial charge < -0.3 is 14.8 Å². The van der Waals surface area contributed by atoms with Gasteiger partial charge in [0, 0.05) is 23.7 Å². The lowest BCUT2D eigenvalue weighted by atomic mass is 9.81. The molecule has 1 aliphatic carbocycles. The topological polar surface area (TPSA) is 63.7 Å². The van der Waals surface area contributed by atoms with E-state index in [-0.39, 0.29) is 29.5 Å². The minimum atomic E-state index is -4.42. The highest BCUT2D eigenvalue weighted by molar-refractivity contribution is 7.18. The van der Waals surface area contributed by atoms with E-state index in [2.05, 4.69) is 15.2 Å². The van der Waals surface area contributed by atoms with Gasteiger partial charge in [-0.1, -0.05) is 12.5 Å². The first kappa shape index (κ1) is 26.4. The number of nitrogens with one attached hydrogen (secondary N) is 1. The zero-order chi connectivity index (χ0) is 27.1. The summed E-state index contributed by atoms with van der Waals surface area (Å²) in [5.41, 5.74) is -0.104. The van der Waals surface area contributed by atoms with E-state index < -0.39 is 11.7 Å². The van der Waals surface area contributed by atoms with Gasteiger partial charge in [-0.3, -0.25) is 9.69 Å². The Bertz CT molecular complexity index is 1340. The molecule has 6 rings (SSSR count). The van der Waals surface area contributed by atoms with E-state index in [0.717, 1.165) is 38.2 Å². The average molecular weight is 560 g/mol. The van der Waals surface area contributed by atoms with Crippen molar-refractivity contribution in [2.45, 2.75) is 75.8 Å². The molecule has 39 heavy (non-hydrogen) atoms. The normalized spacial score (nSPS) is 23.5. The second-order valence-electron chi connectivity index (χ2n) is 10.9. The highest BCUT2D eigenvalue weighted by atomic mass is 32.1. The predicted octanol–water partition coefficient (Wildman–Crippen LogP) is 6.43. The first-order valence-corrected chi connectivity index (χ1v) is 14.4. The van der Waals surface area contributed by atoms with Gasteiger partial charge >= 0.3 is 6.18 Å². The lowest BCUT2D eigenvalue weighted by Crippen LogP contribution is -2.56.